The van der Waals surface area contributed by atoms with Gasteiger partial charge in [-0.25, -0.2) is 5.43 Å². The van der Waals surface area contributed by atoms with Crippen LogP contribution in [0.3, 0.4) is 0 Å². The maximum absolute atomic E-state index is 12.3. The Morgan fingerprint density at radius 3 is 2.52 bits per heavy atom. The zero-order valence-corrected chi connectivity index (χ0v) is 20.6. The zero-order valence-electron chi connectivity index (χ0n) is 19.8. The van der Waals surface area contributed by atoms with E-state index in [9.17, 15) is 4.79 Å². The molecule has 0 saturated carbocycles. The number of carbonyl (C=O) groups is 1. The minimum atomic E-state index is -0.216. The van der Waals surface area contributed by atoms with Crippen LogP contribution in [0.15, 0.2) is 58.8 Å². The number of ether oxygens (including phenoxy) is 1. The van der Waals surface area contributed by atoms with Crippen molar-refractivity contribution in [2.45, 2.75) is 51.7 Å². The van der Waals surface area contributed by atoms with Crippen LogP contribution in [0.25, 0.3) is 11.4 Å². The van der Waals surface area contributed by atoms with Crippen LogP contribution in [0.2, 0.25) is 0 Å². The Hall–Kier alpha value is -3.13. The van der Waals surface area contributed by atoms with E-state index in [4.69, 9.17) is 4.74 Å². The van der Waals surface area contributed by atoms with Gasteiger partial charge in [-0.2, -0.15) is 5.10 Å². The minimum absolute atomic E-state index is 0.0961. The van der Waals surface area contributed by atoms with Gasteiger partial charge in [0.25, 0.3) is 5.91 Å². The highest BCUT2D eigenvalue weighted by atomic mass is 32.2. The van der Waals surface area contributed by atoms with E-state index in [1.54, 1.807) is 6.21 Å². The molecule has 8 heteroatoms. The SMILES string of the molecule is CCOc1ccccc1/C=N\NC(=O)CSc1nnc(-c2ccc(C(C)(C)C)cc2)n1CC. The van der Waals surface area contributed by atoms with Crippen LogP contribution in [0.5, 0.6) is 5.75 Å². The fourth-order valence-electron chi connectivity index (χ4n) is 3.22. The van der Waals surface area contributed by atoms with Crippen LogP contribution in [0.1, 0.15) is 45.7 Å². The molecule has 3 aromatic rings. The summed E-state index contributed by atoms with van der Waals surface area (Å²) in [5.74, 6) is 1.50. The lowest BCUT2D eigenvalue weighted by atomic mass is 9.87. The quantitative estimate of drug-likeness (QED) is 0.276. The van der Waals surface area contributed by atoms with E-state index in [1.807, 2.05) is 42.7 Å². The molecule has 33 heavy (non-hydrogen) atoms. The number of nitrogens with one attached hydrogen (secondary N) is 1. The largest absolute Gasteiger partial charge is 0.493 e. The number of rotatable bonds is 9. The summed E-state index contributed by atoms with van der Waals surface area (Å²) in [6.07, 6.45) is 1.58. The third kappa shape index (κ3) is 6.44. The molecular formula is C25H31N5O2S. The highest BCUT2D eigenvalue weighted by Crippen LogP contribution is 2.27. The normalized spacial score (nSPS) is 11.7. The monoisotopic (exact) mass is 465 g/mol. The van der Waals surface area contributed by atoms with E-state index >= 15 is 0 Å². The summed E-state index contributed by atoms with van der Waals surface area (Å²) in [7, 11) is 0. The Labute approximate surface area is 199 Å². The number of thioether (sulfide) groups is 1. The Morgan fingerprint density at radius 2 is 1.85 bits per heavy atom. The van der Waals surface area contributed by atoms with Crippen molar-refractivity contribution in [3.05, 3.63) is 59.7 Å². The number of hydrogen-bond donors (Lipinski definition) is 1. The highest BCUT2D eigenvalue weighted by molar-refractivity contribution is 7.99. The number of carbonyl (C=O) groups excluding carboxylic acids is 1. The maximum atomic E-state index is 12.3. The lowest BCUT2D eigenvalue weighted by Crippen LogP contribution is -2.20. The van der Waals surface area contributed by atoms with Gasteiger partial charge in [-0.3, -0.25) is 4.79 Å². The van der Waals surface area contributed by atoms with Crippen molar-refractivity contribution < 1.29 is 9.53 Å². The van der Waals surface area contributed by atoms with Gasteiger partial charge < -0.3 is 9.30 Å². The van der Waals surface area contributed by atoms with Gasteiger partial charge in [0.1, 0.15) is 5.75 Å². The molecule has 3 rings (SSSR count). The molecule has 1 N–H and O–H groups in total. The molecule has 0 unspecified atom stereocenters. The average molecular weight is 466 g/mol. The molecule has 0 aliphatic heterocycles. The first-order chi connectivity index (χ1) is 15.8. The minimum Gasteiger partial charge on any atom is -0.493 e. The van der Waals surface area contributed by atoms with E-state index in [-0.39, 0.29) is 17.1 Å². The molecule has 174 valence electrons. The Balaban J connectivity index is 1.62. The molecule has 1 amide bonds. The summed E-state index contributed by atoms with van der Waals surface area (Å²) in [6, 6.07) is 16.0. The average Bonchev–Trinajstić information content (AvgIpc) is 3.21. The number of aromatic nitrogens is 3. The molecule has 0 aliphatic carbocycles. The lowest BCUT2D eigenvalue weighted by Gasteiger charge is -2.19. The first-order valence-corrected chi connectivity index (χ1v) is 12.0. The number of hydrazone groups is 1. The standard InChI is InChI=1S/C25H31N5O2S/c1-6-30-23(18-12-14-20(15-13-18)25(3,4)5)28-29-24(30)33-17-22(31)27-26-16-19-10-8-9-11-21(19)32-7-2/h8-16H,6-7,17H2,1-5H3,(H,27,31)/b26-16-. The van der Waals surface area contributed by atoms with E-state index in [0.29, 0.717) is 18.3 Å². The first kappa shape index (κ1) is 24.5. The number of amides is 1. The van der Waals surface area contributed by atoms with Crippen molar-refractivity contribution in [1.82, 2.24) is 20.2 Å². The molecule has 0 bridgehead atoms. The Bertz CT molecular complexity index is 1100. The Morgan fingerprint density at radius 1 is 1.12 bits per heavy atom. The third-order valence-corrected chi connectivity index (χ3v) is 5.95. The van der Waals surface area contributed by atoms with Crippen LogP contribution >= 0.6 is 11.8 Å². The maximum Gasteiger partial charge on any atom is 0.250 e. The van der Waals surface area contributed by atoms with Crippen LogP contribution < -0.4 is 10.2 Å². The van der Waals surface area contributed by atoms with Crippen molar-refractivity contribution in [2.75, 3.05) is 12.4 Å². The molecule has 1 heterocycles. The molecule has 2 aromatic carbocycles. The van der Waals surface area contributed by atoms with Gasteiger partial charge in [-0.15, -0.1) is 10.2 Å². The van der Waals surface area contributed by atoms with Gasteiger partial charge in [-0.05, 0) is 37.0 Å². The van der Waals surface area contributed by atoms with Crippen molar-refractivity contribution in [2.24, 2.45) is 5.10 Å². The Kier molecular flexibility index (Phi) is 8.27. The molecule has 0 aliphatic rings. The summed E-state index contributed by atoms with van der Waals surface area (Å²) >= 11 is 1.34. The van der Waals surface area contributed by atoms with E-state index in [2.05, 4.69) is 65.8 Å². The van der Waals surface area contributed by atoms with Crippen LogP contribution in [-0.4, -0.2) is 39.2 Å². The van der Waals surface area contributed by atoms with E-state index in [0.717, 1.165) is 22.7 Å². The predicted octanol–water partition coefficient (Wildman–Crippen LogP) is 4.90. The molecule has 0 saturated heterocycles. The topological polar surface area (TPSA) is 81.4 Å². The van der Waals surface area contributed by atoms with Crippen molar-refractivity contribution >= 4 is 23.9 Å². The summed E-state index contributed by atoms with van der Waals surface area (Å²) in [6.45, 7) is 11.8. The van der Waals surface area contributed by atoms with Crippen LogP contribution in [0, 0.1) is 0 Å². The summed E-state index contributed by atoms with van der Waals surface area (Å²) < 4.78 is 7.58. The zero-order chi connectivity index (χ0) is 23.8. The molecule has 7 nitrogen and oxygen atoms in total. The third-order valence-electron chi connectivity index (χ3n) is 4.99. The summed E-state index contributed by atoms with van der Waals surface area (Å²) in [4.78, 5) is 12.3. The lowest BCUT2D eigenvalue weighted by molar-refractivity contribution is -0.118. The smallest absolute Gasteiger partial charge is 0.250 e. The van der Waals surface area contributed by atoms with Gasteiger partial charge in [0.2, 0.25) is 0 Å². The second-order valence-corrected chi connectivity index (χ2v) is 9.37. The van der Waals surface area contributed by atoms with Gasteiger partial charge in [0.05, 0.1) is 18.6 Å². The summed E-state index contributed by atoms with van der Waals surface area (Å²) in [5, 5.41) is 13.4. The van der Waals surface area contributed by atoms with Gasteiger partial charge in [0.15, 0.2) is 11.0 Å². The second kappa shape index (κ2) is 11.1. The highest BCUT2D eigenvalue weighted by Gasteiger charge is 2.17. The molecule has 0 radical (unpaired) electrons. The molecule has 0 atom stereocenters. The fraction of sp³-hybridized carbons (Fsp3) is 0.360. The first-order valence-electron chi connectivity index (χ1n) is 11.0. The van der Waals surface area contributed by atoms with E-state index < -0.39 is 0 Å². The number of benzene rings is 2. The molecular weight excluding hydrogens is 434 g/mol. The van der Waals surface area contributed by atoms with Crippen LogP contribution in [-0.2, 0) is 16.8 Å². The number of hydrogen-bond acceptors (Lipinski definition) is 6. The number of para-hydroxylation sites is 1. The molecule has 1 aromatic heterocycles. The van der Waals surface area contributed by atoms with E-state index in [1.165, 1.54) is 17.3 Å². The van der Waals surface area contributed by atoms with Gasteiger partial charge in [-0.1, -0.05) is 68.9 Å². The van der Waals surface area contributed by atoms with Crippen molar-refractivity contribution in [1.29, 1.82) is 0 Å². The molecule has 0 spiro atoms. The predicted molar refractivity (Wildman–Crippen MR) is 134 cm³/mol. The molecule has 0 fully saturated rings. The number of nitrogens with zero attached hydrogens (tertiary/aromatic N) is 4. The van der Waals surface area contributed by atoms with Crippen molar-refractivity contribution in [3.8, 4) is 17.1 Å². The summed E-state index contributed by atoms with van der Waals surface area (Å²) in [5.41, 5.74) is 5.74. The van der Waals surface area contributed by atoms with Gasteiger partial charge in [0, 0.05) is 17.7 Å². The van der Waals surface area contributed by atoms with Crippen LogP contribution in [0.4, 0.5) is 0 Å². The fourth-order valence-corrected chi connectivity index (χ4v) is 4.02. The van der Waals surface area contributed by atoms with Crippen molar-refractivity contribution in [3.63, 3.8) is 0 Å². The van der Waals surface area contributed by atoms with Gasteiger partial charge >= 0.3 is 0 Å². The second-order valence-electron chi connectivity index (χ2n) is 8.43.